The average Bonchev–Trinajstić information content (AvgIpc) is 2.70. The van der Waals surface area contributed by atoms with E-state index < -0.39 is 0 Å². The fourth-order valence-electron chi connectivity index (χ4n) is 3.18. The fourth-order valence-corrected chi connectivity index (χ4v) is 3.65. The van der Waals surface area contributed by atoms with Gasteiger partial charge in [0.05, 0.1) is 12.1 Å². The van der Waals surface area contributed by atoms with Crippen LogP contribution in [0.5, 0.6) is 0 Å². The Morgan fingerprint density at radius 2 is 1.90 bits per heavy atom. The van der Waals surface area contributed by atoms with E-state index in [1.165, 1.54) is 5.56 Å². The van der Waals surface area contributed by atoms with Gasteiger partial charge in [-0.2, -0.15) is 0 Å². The lowest BCUT2D eigenvalue weighted by Crippen LogP contribution is -2.37. The van der Waals surface area contributed by atoms with E-state index in [0.717, 1.165) is 33.3 Å². The summed E-state index contributed by atoms with van der Waals surface area (Å²) in [6, 6.07) is 14.4. The van der Waals surface area contributed by atoms with Crippen LogP contribution in [-0.4, -0.2) is 35.3 Å². The normalized spacial score (nSPS) is 10.9. The Labute approximate surface area is 182 Å². The predicted molar refractivity (Wildman–Crippen MR) is 126 cm³/mol. The minimum Gasteiger partial charge on any atom is -0.383 e. The minimum atomic E-state index is 0.507. The molecule has 0 bridgehead atoms. The maximum Gasteiger partial charge on any atom is 0.173 e. The standard InChI is InChI=1S/C23H26ClN3OS/c1-15-9-10-18-13-19(22(24)26-21(18)17(15)3)14-27(11-12-28-4)23(29)25-20-8-6-5-7-16(20)2/h5-10,13H,11-12,14H2,1-4H3,(H,25,29). The fraction of sp³-hybridized carbons (Fsp3) is 0.304. The van der Waals surface area contributed by atoms with E-state index in [1.54, 1.807) is 7.11 Å². The van der Waals surface area contributed by atoms with Crippen LogP contribution in [0.3, 0.4) is 0 Å². The molecular formula is C23H26ClN3OS. The number of methoxy groups -OCH3 is 1. The molecule has 2 aromatic carbocycles. The summed E-state index contributed by atoms with van der Waals surface area (Å²) in [4.78, 5) is 6.73. The average molecular weight is 428 g/mol. The predicted octanol–water partition coefficient (Wildman–Crippen LogP) is 5.66. The van der Waals surface area contributed by atoms with Crippen LogP contribution in [0.25, 0.3) is 10.9 Å². The number of aromatic nitrogens is 1. The molecule has 0 aliphatic heterocycles. The first-order valence-corrected chi connectivity index (χ1v) is 10.3. The van der Waals surface area contributed by atoms with Crippen molar-refractivity contribution in [1.82, 2.24) is 9.88 Å². The Kier molecular flexibility index (Phi) is 7.06. The van der Waals surface area contributed by atoms with Gasteiger partial charge in [-0.25, -0.2) is 4.98 Å². The van der Waals surface area contributed by atoms with Gasteiger partial charge < -0.3 is 15.0 Å². The first kappa shape index (κ1) is 21.5. The van der Waals surface area contributed by atoms with Crippen LogP contribution in [0.15, 0.2) is 42.5 Å². The number of pyridine rings is 1. The second-order valence-electron chi connectivity index (χ2n) is 7.18. The zero-order valence-electron chi connectivity index (χ0n) is 17.3. The van der Waals surface area contributed by atoms with Crippen molar-refractivity contribution in [3.8, 4) is 0 Å². The molecular weight excluding hydrogens is 402 g/mol. The molecule has 29 heavy (non-hydrogen) atoms. The number of benzene rings is 2. The Bertz CT molecular complexity index is 1040. The number of fused-ring (bicyclic) bond motifs is 1. The summed E-state index contributed by atoms with van der Waals surface area (Å²) in [5.74, 6) is 0. The number of halogens is 1. The number of nitrogens with zero attached hydrogens (tertiary/aromatic N) is 2. The van der Waals surface area contributed by atoms with Gasteiger partial charge in [0.15, 0.2) is 5.11 Å². The molecule has 0 radical (unpaired) electrons. The number of rotatable bonds is 6. The summed E-state index contributed by atoms with van der Waals surface area (Å²) in [5, 5.41) is 5.57. The smallest absolute Gasteiger partial charge is 0.173 e. The molecule has 1 heterocycles. The second kappa shape index (κ2) is 9.53. The van der Waals surface area contributed by atoms with E-state index in [4.69, 9.17) is 28.6 Å². The van der Waals surface area contributed by atoms with Crippen molar-refractivity contribution in [3.63, 3.8) is 0 Å². The Balaban J connectivity index is 1.88. The van der Waals surface area contributed by atoms with Crippen LogP contribution in [0.1, 0.15) is 22.3 Å². The summed E-state index contributed by atoms with van der Waals surface area (Å²) >= 11 is 12.3. The molecule has 0 amide bonds. The number of thiocarbonyl (C=S) groups is 1. The van der Waals surface area contributed by atoms with E-state index >= 15 is 0 Å². The van der Waals surface area contributed by atoms with Gasteiger partial charge in [0, 0.05) is 36.8 Å². The van der Waals surface area contributed by atoms with Gasteiger partial charge in [-0.1, -0.05) is 41.9 Å². The largest absolute Gasteiger partial charge is 0.383 e. The molecule has 3 rings (SSSR count). The van der Waals surface area contributed by atoms with Gasteiger partial charge in [-0.15, -0.1) is 0 Å². The highest BCUT2D eigenvalue weighted by molar-refractivity contribution is 7.80. The molecule has 0 aliphatic rings. The van der Waals surface area contributed by atoms with Gasteiger partial charge in [0.25, 0.3) is 0 Å². The van der Waals surface area contributed by atoms with Crippen LogP contribution in [0, 0.1) is 20.8 Å². The molecule has 0 unspecified atom stereocenters. The number of para-hydroxylation sites is 1. The maximum atomic E-state index is 6.56. The van der Waals surface area contributed by atoms with Crippen LogP contribution >= 0.6 is 23.8 Å². The third-order valence-corrected chi connectivity index (χ3v) is 5.83. The summed E-state index contributed by atoms with van der Waals surface area (Å²) in [6.07, 6.45) is 0. The second-order valence-corrected chi connectivity index (χ2v) is 7.92. The Hall–Kier alpha value is -2.21. The van der Waals surface area contributed by atoms with E-state index in [0.29, 0.717) is 30.0 Å². The third-order valence-electron chi connectivity index (χ3n) is 5.14. The number of hydrogen-bond acceptors (Lipinski definition) is 3. The summed E-state index contributed by atoms with van der Waals surface area (Å²) in [5.41, 5.74) is 6.38. The third kappa shape index (κ3) is 5.04. The molecule has 4 nitrogen and oxygen atoms in total. The van der Waals surface area contributed by atoms with Crippen molar-refractivity contribution < 1.29 is 4.74 Å². The van der Waals surface area contributed by atoms with Crippen molar-refractivity contribution in [2.24, 2.45) is 0 Å². The monoisotopic (exact) mass is 427 g/mol. The zero-order valence-corrected chi connectivity index (χ0v) is 18.8. The highest BCUT2D eigenvalue weighted by Crippen LogP contribution is 2.26. The molecule has 152 valence electrons. The first-order chi connectivity index (χ1) is 13.9. The number of ether oxygens (including phenoxy) is 1. The maximum absolute atomic E-state index is 6.56. The van der Waals surface area contributed by atoms with Crippen LogP contribution < -0.4 is 5.32 Å². The van der Waals surface area contributed by atoms with Crippen molar-refractivity contribution in [1.29, 1.82) is 0 Å². The molecule has 0 spiro atoms. The summed E-state index contributed by atoms with van der Waals surface area (Å²) < 4.78 is 5.29. The molecule has 6 heteroatoms. The van der Waals surface area contributed by atoms with E-state index in [2.05, 4.69) is 60.2 Å². The molecule has 0 fully saturated rings. The van der Waals surface area contributed by atoms with E-state index in [9.17, 15) is 0 Å². The highest BCUT2D eigenvalue weighted by atomic mass is 35.5. The van der Waals surface area contributed by atoms with Gasteiger partial charge in [0.1, 0.15) is 5.15 Å². The molecule has 0 aliphatic carbocycles. The van der Waals surface area contributed by atoms with Crippen molar-refractivity contribution in [2.75, 3.05) is 25.6 Å². The van der Waals surface area contributed by atoms with Gasteiger partial charge in [-0.05, 0) is 61.8 Å². The van der Waals surface area contributed by atoms with Crippen LogP contribution in [0.4, 0.5) is 5.69 Å². The highest BCUT2D eigenvalue weighted by Gasteiger charge is 2.15. The number of nitrogens with one attached hydrogen (secondary N) is 1. The van der Waals surface area contributed by atoms with Crippen LogP contribution in [0.2, 0.25) is 5.15 Å². The number of hydrogen-bond donors (Lipinski definition) is 1. The van der Waals surface area contributed by atoms with E-state index in [1.807, 2.05) is 18.2 Å². The SMILES string of the molecule is COCCN(Cc1cc2ccc(C)c(C)c2nc1Cl)C(=S)Nc1ccccc1C. The lowest BCUT2D eigenvalue weighted by Gasteiger charge is -2.26. The van der Waals surface area contributed by atoms with Gasteiger partial charge in [0.2, 0.25) is 0 Å². The molecule has 0 saturated heterocycles. The van der Waals surface area contributed by atoms with Crippen molar-refractivity contribution in [3.05, 3.63) is 69.9 Å². The molecule has 0 atom stereocenters. The molecule has 1 aromatic heterocycles. The van der Waals surface area contributed by atoms with Crippen molar-refractivity contribution >= 4 is 45.5 Å². The summed E-state index contributed by atoms with van der Waals surface area (Å²) in [6.45, 7) is 7.98. The van der Waals surface area contributed by atoms with Crippen molar-refractivity contribution in [2.45, 2.75) is 27.3 Å². The Morgan fingerprint density at radius 3 is 2.62 bits per heavy atom. The lowest BCUT2D eigenvalue weighted by molar-refractivity contribution is 0.175. The lowest BCUT2D eigenvalue weighted by atomic mass is 10.0. The molecule has 3 aromatic rings. The zero-order chi connectivity index (χ0) is 21.0. The van der Waals surface area contributed by atoms with Gasteiger partial charge in [-0.3, -0.25) is 0 Å². The summed E-state index contributed by atoms with van der Waals surface area (Å²) in [7, 11) is 1.69. The van der Waals surface area contributed by atoms with E-state index in [-0.39, 0.29) is 0 Å². The number of aryl methyl sites for hydroxylation is 3. The number of anilines is 1. The van der Waals surface area contributed by atoms with Gasteiger partial charge >= 0.3 is 0 Å². The molecule has 1 N–H and O–H groups in total. The first-order valence-electron chi connectivity index (χ1n) is 9.56. The topological polar surface area (TPSA) is 37.4 Å². The quantitative estimate of drug-likeness (QED) is 0.406. The van der Waals surface area contributed by atoms with Crippen LogP contribution in [-0.2, 0) is 11.3 Å². The minimum absolute atomic E-state index is 0.507. The molecule has 0 saturated carbocycles. The Morgan fingerprint density at radius 1 is 1.14 bits per heavy atom.